The molecule has 0 N–H and O–H groups in total. The maximum absolute atomic E-state index is 5.80. The average Bonchev–Trinajstić information content (AvgIpc) is 2.64. The van der Waals surface area contributed by atoms with E-state index in [9.17, 15) is 0 Å². The first-order valence-electron chi connectivity index (χ1n) is 4.26. The van der Waals surface area contributed by atoms with Crippen molar-refractivity contribution in [2.75, 3.05) is 0 Å². The Balaban J connectivity index is 2.18. The first-order chi connectivity index (χ1) is 7.24. The van der Waals surface area contributed by atoms with Gasteiger partial charge in [-0.1, -0.05) is 0 Å². The predicted octanol–water partition coefficient (Wildman–Crippen LogP) is 4.36. The second kappa shape index (κ2) is 5.24. The molecule has 2 rings (SSSR count). The van der Waals surface area contributed by atoms with Crippen molar-refractivity contribution in [3.05, 3.63) is 47.4 Å². The van der Waals surface area contributed by atoms with E-state index in [-0.39, 0.29) is 0 Å². The average molecular weight is 318 g/mol. The van der Waals surface area contributed by atoms with E-state index in [0.717, 1.165) is 13.3 Å². The van der Waals surface area contributed by atoms with E-state index < -0.39 is 0 Å². The van der Waals surface area contributed by atoms with Gasteiger partial charge < -0.3 is 0 Å². The minimum atomic E-state index is 0.402. The fraction of sp³-hybridized carbons (Fsp3) is 0. The molecule has 0 spiro atoms. The van der Waals surface area contributed by atoms with Crippen molar-refractivity contribution < 1.29 is 0 Å². The normalized spacial score (nSPS) is 11.0. The summed E-state index contributed by atoms with van der Waals surface area (Å²) in [5.41, 5.74) is 1.16. The molecular formula is C11H7ClS2Se. The molecule has 76 valence electrons. The van der Waals surface area contributed by atoms with Crippen molar-refractivity contribution >= 4 is 61.8 Å². The van der Waals surface area contributed by atoms with Crippen molar-refractivity contribution in [2.24, 2.45) is 0 Å². The van der Waals surface area contributed by atoms with Gasteiger partial charge in [-0.2, -0.15) is 0 Å². The number of hydrogen-bond donors (Lipinski definition) is 0. The summed E-state index contributed by atoms with van der Waals surface area (Å²) in [6, 6.07) is 7.79. The minimum absolute atomic E-state index is 0.402. The van der Waals surface area contributed by atoms with Crippen LogP contribution in [0.5, 0.6) is 0 Å². The van der Waals surface area contributed by atoms with Crippen LogP contribution in [0.2, 0.25) is 5.02 Å². The van der Waals surface area contributed by atoms with E-state index in [4.69, 9.17) is 23.8 Å². The van der Waals surface area contributed by atoms with Gasteiger partial charge in [0.1, 0.15) is 0 Å². The summed E-state index contributed by atoms with van der Waals surface area (Å²) in [5, 5.41) is 0.770. The summed E-state index contributed by atoms with van der Waals surface area (Å²) in [6.07, 6.45) is 4.19. The molecule has 0 aliphatic carbocycles. The molecule has 0 saturated carbocycles. The molecule has 0 radical (unpaired) electrons. The van der Waals surface area contributed by atoms with Crippen LogP contribution in [-0.2, 0) is 0 Å². The summed E-state index contributed by atoms with van der Waals surface area (Å²) in [6.45, 7) is 0. The third-order valence-electron chi connectivity index (χ3n) is 1.78. The molecule has 1 aromatic heterocycles. The molecule has 0 unspecified atom stereocenters. The van der Waals surface area contributed by atoms with Gasteiger partial charge in [-0.15, -0.1) is 0 Å². The summed E-state index contributed by atoms with van der Waals surface area (Å²) in [4.78, 5) is 3.47. The fourth-order valence-electron chi connectivity index (χ4n) is 1.08. The van der Waals surface area contributed by atoms with Crippen LogP contribution in [0.1, 0.15) is 10.4 Å². The van der Waals surface area contributed by atoms with Crippen LogP contribution in [0.3, 0.4) is 0 Å². The Morgan fingerprint density at radius 1 is 1.20 bits per heavy atom. The Labute approximate surface area is 109 Å². The molecule has 0 aliphatic heterocycles. The van der Waals surface area contributed by atoms with Gasteiger partial charge in [-0.3, -0.25) is 0 Å². The first kappa shape index (κ1) is 11.3. The molecule has 0 fully saturated rings. The molecule has 4 heteroatoms. The predicted molar refractivity (Wildman–Crippen MR) is 72.5 cm³/mol. The molecule has 1 heterocycles. The molecular weight excluding hydrogens is 311 g/mol. The molecule has 0 saturated heterocycles. The van der Waals surface area contributed by atoms with Gasteiger partial charge in [0.25, 0.3) is 0 Å². The number of rotatable bonds is 2. The van der Waals surface area contributed by atoms with Gasteiger partial charge in [-0.05, 0) is 0 Å². The van der Waals surface area contributed by atoms with Crippen LogP contribution in [0.15, 0.2) is 29.2 Å². The molecule has 1 aromatic carbocycles. The molecule has 0 atom stereocenters. The Hall–Kier alpha value is -0.181. The van der Waals surface area contributed by atoms with Crippen LogP contribution in [0, 0.1) is 2.70 Å². The van der Waals surface area contributed by atoms with E-state index in [1.165, 1.54) is 4.88 Å². The van der Waals surface area contributed by atoms with E-state index in [0.29, 0.717) is 14.5 Å². The number of hydrogen-bond acceptors (Lipinski definition) is 2. The van der Waals surface area contributed by atoms with E-state index >= 15 is 0 Å². The Kier molecular flexibility index (Phi) is 3.95. The first-order valence-corrected chi connectivity index (χ1v) is 7.71. The van der Waals surface area contributed by atoms with Crippen molar-refractivity contribution in [3.63, 3.8) is 0 Å². The molecule has 0 bridgehead atoms. The standard InChI is InChI=1S/C11H7ClS2Se/c12-9-4-1-8(2-5-9)3-6-10-7-15-11(13)14-10/h1-7H/b6-3+. The third-order valence-corrected chi connectivity index (χ3v) is 5.99. The van der Waals surface area contributed by atoms with E-state index in [2.05, 4.69) is 17.1 Å². The Morgan fingerprint density at radius 2 is 1.93 bits per heavy atom. The third kappa shape index (κ3) is 3.40. The van der Waals surface area contributed by atoms with Crippen molar-refractivity contribution in [1.82, 2.24) is 0 Å². The zero-order valence-corrected chi connectivity index (χ0v) is 11.7. The SMILES string of the molecule is S=c1sc(/C=C/c2ccc(Cl)cc2)c[se]1. The van der Waals surface area contributed by atoms with Crippen LogP contribution in [0.4, 0.5) is 0 Å². The summed E-state index contributed by atoms with van der Waals surface area (Å²) in [5.74, 6) is 0. The molecule has 15 heavy (non-hydrogen) atoms. The van der Waals surface area contributed by atoms with Gasteiger partial charge in [-0.25, -0.2) is 0 Å². The zero-order valence-electron chi connectivity index (χ0n) is 7.64. The van der Waals surface area contributed by atoms with E-state index in [1.54, 1.807) is 11.3 Å². The van der Waals surface area contributed by atoms with Crippen LogP contribution in [0.25, 0.3) is 12.2 Å². The Bertz CT molecular complexity index is 522. The van der Waals surface area contributed by atoms with Gasteiger partial charge in [0, 0.05) is 0 Å². The topological polar surface area (TPSA) is 0 Å². The fourth-order valence-corrected chi connectivity index (χ4v) is 4.49. The summed E-state index contributed by atoms with van der Waals surface area (Å²) in [7, 11) is 0. The second-order valence-corrected chi connectivity index (χ2v) is 8.07. The second-order valence-electron chi connectivity index (χ2n) is 2.88. The molecule has 0 aliphatic rings. The van der Waals surface area contributed by atoms with E-state index in [1.807, 2.05) is 24.3 Å². The number of benzene rings is 1. The van der Waals surface area contributed by atoms with Gasteiger partial charge in [0.05, 0.1) is 0 Å². The van der Waals surface area contributed by atoms with Crippen molar-refractivity contribution in [1.29, 1.82) is 0 Å². The monoisotopic (exact) mass is 318 g/mol. The maximum atomic E-state index is 5.80. The van der Waals surface area contributed by atoms with Gasteiger partial charge in [0.2, 0.25) is 0 Å². The molecule has 0 amide bonds. The number of halogens is 1. The van der Waals surface area contributed by atoms with Gasteiger partial charge >= 0.3 is 109 Å². The molecule has 2 aromatic rings. The molecule has 0 nitrogen and oxygen atoms in total. The van der Waals surface area contributed by atoms with Crippen LogP contribution < -0.4 is 0 Å². The summed E-state index contributed by atoms with van der Waals surface area (Å²) < 4.78 is 1.11. The zero-order chi connectivity index (χ0) is 10.7. The Morgan fingerprint density at radius 3 is 2.53 bits per heavy atom. The van der Waals surface area contributed by atoms with Crippen molar-refractivity contribution in [3.8, 4) is 0 Å². The van der Waals surface area contributed by atoms with Crippen LogP contribution in [-0.4, -0.2) is 14.5 Å². The van der Waals surface area contributed by atoms with Crippen molar-refractivity contribution in [2.45, 2.75) is 0 Å². The quantitative estimate of drug-likeness (QED) is 0.586. The summed E-state index contributed by atoms with van der Waals surface area (Å²) >= 11 is 13.0. The van der Waals surface area contributed by atoms with Crippen LogP contribution >= 0.6 is 35.2 Å². The van der Waals surface area contributed by atoms with Gasteiger partial charge in [0.15, 0.2) is 0 Å².